The molecule has 1 saturated heterocycles. The predicted octanol–water partition coefficient (Wildman–Crippen LogP) is 3.20. The number of piperazine rings is 1. The van der Waals surface area contributed by atoms with E-state index < -0.39 is 0 Å². The average Bonchev–Trinajstić information content (AvgIpc) is 3.10. The molecular weight excluding hydrogens is 356 g/mol. The first-order valence-corrected chi connectivity index (χ1v) is 10.6. The molecule has 0 bridgehead atoms. The van der Waals surface area contributed by atoms with E-state index in [2.05, 4.69) is 40.1 Å². The van der Waals surface area contributed by atoms with E-state index in [1.165, 1.54) is 29.0 Å². The first-order chi connectivity index (χ1) is 13.2. The van der Waals surface area contributed by atoms with Gasteiger partial charge in [-0.1, -0.05) is 18.2 Å². The van der Waals surface area contributed by atoms with Crippen molar-refractivity contribution < 1.29 is 0 Å². The molecule has 2 aromatic heterocycles. The highest BCUT2D eigenvalue weighted by Crippen LogP contribution is 2.34. The molecule has 27 heavy (non-hydrogen) atoms. The summed E-state index contributed by atoms with van der Waals surface area (Å²) in [7, 11) is 1.88. The van der Waals surface area contributed by atoms with Gasteiger partial charge in [-0.2, -0.15) is 0 Å². The summed E-state index contributed by atoms with van der Waals surface area (Å²) in [6.07, 6.45) is 4.55. The fraction of sp³-hybridized carbons (Fsp3) is 0.429. The van der Waals surface area contributed by atoms with Gasteiger partial charge in [-0.05, 0) is 43.4 Å². The average molecular weight is 381 g/mol. The van der Waals surface area contributed by atoms with Crippen LogP contribution in [-0.2, 0) is 19.9 Å². The highest BCUT2D eigenvalue weighted by Gasteiger charge is 2.25. The van der Waals surface area contributed by atoms with Gasteiger partial charge in [0.05, 0.1) is 5.39 Å². The van der Waals surface area contributed by atoms with Crippen LogP contribution in [0.15, 0.2) is 35.1 Å². The van der Waals surface area contributed by atoms with E-state index in [1.54, 1.807) is 15.9 Å². The zero-order chi connectivity index (χ0) is 18.4. The number of thiophene rings is 1. The van der Waals surface area contributed by atoms with E-state index >= 15 is 0 Å². The Morgan fingerprint density at radius 2 is 1.67 bits per heavy atom. The van der Waals surface area contributed by atoms with E-state index in [4.69, 9.17) is 4.98 Å². The molecule has 0 atom stereocenters. The zero-order valence-electron chi connectivity index (χ0n) is 15.6. The topological polar surface area (TPSA) is 41.4 Å². The lowest BCUT2D eigenvalue weighted by molar-refractivity contribution is 0.623. The van der Waals surface area contributed by atoms with Crippen LogP contribution in [0.5, 0.6) is 0 Å². The van der Waals surface area contributed by atoms with Crippen LogP contribution in [0.2, 0.25) is 0 Å². The molecule has 0 amide bonds. The smallest absolute Gasteiger partial charge is 0.263 e. The summed E-state index contributed by atoms with van der Waals surface area (Å²) in [5.41, 5.74) is 2.66. The van der Waals surface area contributed by atoms with Crippen LogP contribution in [0.25, 0.3) is 10.2 Å². The van der Waals surface area contributed by atoms with Crippen molar-refractivity contribution in [3.05, 3.63) is 51.1 Å². The molecular formula is C21H24N4OS. The highest BCUT2D eigenvalue weighted by molar-refractivity contribution is 7.18. The first kappa shape index (κ1) is 16.8. The molecule has 0 spiro atoms. The second kappa shape index (κ2) is 6.68. The minimum absolute atomic E-state index is 0.125. The SMILES string of the molecule is Cn1c(N2CCN(c3ccccc3)CC2)nc2sc3c(c2c1=O)CCCC3. The summed E-state index contributed by atoms with van der Waals surface area (Å²) in [5, 5.41) is 0.879. The summed E-state index contributed by atoms with van der Waals surface area (Å²) in [6, 6.07) is 10.5. The van der Waals surface area contributed by atoms with Crippen molar-refractivity contribution in [2.45, 2.75) is 25.7 Å². The highest BCUT2D eigenvalue weighted by atomic mass is 32.1. The van der Waals surface area contributed by atoms with E-state index in [-0.39, 0.29) is 5.56 Å². The van der Waals surface area contributed by atoms with Gasteiger partial charge in [-0.15, -0.1) is 11.3 Å². The maximum Gasteiger partial charge on any atom is 0.263 e. The van der Waals surface area contributed by atoms with Crippen LogP contribution >= 0.6 is 11.3 Å². The fourth-order valence-electron chi connectivity index (χ4n) is 4.36. The third kappa shape index (κ3) is 2.83. The van der Waals surface area contributed by atoms with Crippen molar-refractivity contribution in [2.24, 2.45) is 7.05 Å². The molecule has 0 radical (unpaired) electrons. The molecule has 1 aliphatic carbocycles. The Balaban J connectivity index is 1.46. The number of hydrogen-bond donors (Lipinski definition) is 0. The minimum Gasteiger partial charge on any atom is -0.368 e. The Labute approximate surface area is 162 Å². The van der Waals surface area contributed by atoms with Gasteiger partial charge in [0.1, 0.15) is 4.83 Å². The molecule has 140 valence electrons. The number of fused-ring (bicyclic) bond motifs is 3. The predicted molar refractivity (Wildman–Crippen MR) is 112 cm³/mol. The first-order valence-electron chi connectivity index (χ1n) is 9.78. The molecule has 6 heteroatoms. The molecule has 5 nitrogen and oxygen atoms in total. The Kier molecular flexibility index (Phi) is 4.16. The second-order valence-corrected chi connectivity index (χ2v) is 8.56. The summed E-state index contributed by atoms with van der Waals surface area (Å²) >= 11 is 1.74. The standard InChI is InChI=1S/C21H24N4OS/c1-23-20(26)18-16-9-5-6-10-17(16)27-19(18)22-21(23)25-13-11-24(12-14-25)15-7-3-2-4-8-15/h2-4,7-8H,5-6,9-14H2,1H3. The zero-order valence-corrected chi connectivity index (χ0v) is 16.5. The van der Waals surface area contributed by atoms with Gasteiger partial charge < -0.3 is 9.80 Å². The molecule has 3 aromatic rings. The number of hydrogen-bond acceptors (Lipinski definition) is 5. The van der Waals surface area contributed by atoms with Crippen LogP contribution in [-0.4, -0.2) is 35.7 Å². The molecule has 2 aliphatic rings. The fourth-order valence-corrected chi connectivity index (χ4v) is 5.61. The molecule has 3 heterocycles. The van der Waals surface area contributed by atoms with Crippen LogP contribution in [0.1, 0.15) is 23.3 Å². The number of rotatable bonds is 2. The summed E-state index contributed by atoms with van der Waals surface area (Å²) in [6.45, 7) is 3.65. The Morgan fingerprint density at radius 1 is 0.963 bits per heavy atom. The molecule has 5 rings (SSSR count). The largest absolute Gasteiger partial charge is 0.368 e. The maximum absolute atomic E-state index is 13.1. The molecule has 1 aromatic carbocycles. The second-order valence-electron chi connectivity index (χ2n) is 7.48. The maximum atomic E-state index is 13.1. The summed E-state index contributed by atoms with van der Waals surface area (Å²) < 4.78 is 1.77. The van der Waals surface area contributed by atoms with Gasteiger partial charge in [0.25, 0.3) is 5.56 Å². The molecule has 0 unspecified atom stereocenters. The number of aryl methyl sites for hydroxylation is 2. The Morgan fingerprint density at radius 3 is 2.44 bits per heavy atom. The van der Waals surface area contributed by atoms with Gasteiger partial charge in [0.15, 0.2) is 0 Å². The van der Waals surface area contributed by atoms with E-state index in [9.17, 15) is 4.79 Å². The number of para-hydroxylation sites is 1. The third-order valence-electron chi connectivity index (χ3n) is 5.86. The van der Waals surface area contributed by atoms with Gasteiger partial charge in [-0.25, -0.2) is 4.98 Å². The molecule has 1 fully saturated rings. The van der Waals surface area contributed by atoms with Crippen LogP contribution < -0.4 is 15.4 Å². The van der Waals surface area contributed by atoms with Crippen molar-refractivity contribution in [3.8, 4) is 0 Å². The van der Waals surface area contributed by atoms with Crippen LogP contribution in [0.3, 0.4) is 0 Å². The lowest BCUT2D eigenvalue weighted by Crippen LogP contribution is -2.48. The van der Waals surface area contributed by atoms with E-state index in [0.29, 0.717) is 0 Å². The van der Waals surface area contributed by atoms with Gasteiger partial charge in [-0.3, -0.25) is 9.36 Å². The van der Waals surface area contributed by atoms with E-state index in [0.717, 1.165) is 55.2 Å². The van der Waals surface area contributed by atoms with Gasteiger partial charge in [0, 0.05) is 43.8 Å². The Bertz CT molecular complexity index is 1030. The quantitative estimate of drug-likeness (QED) is 0.685. The van der Waals surface area contributed by atoms with Gasteiger partial charge >= 0.3 is 0 Å². The lowest BCUT2D eigenvalue weighted by Gasteiger charge is -2.37. The van der Waals surface area contributed by atoms with Crippen LogP contribution in [0.4, 0.5) is 11.6 Å². The molecule has 0 saturated carbocycles. The molecule has 1 aliphatic heterocycles. The summed E-state index contributed by atoms with van der Waals surface area (Å²) in [4.78, 5) is 25.0. The number of aromatic nitrogens is 2. The lowest BCUT2D eigenvalue weighted by atomic mass is 9.97. The van der Waals surface area contributed by atoms with Crippen molar-refractivity contribution in [1.29, 1.82) is 0 Å². The monoisotopic (exact) mass is 380 g/mol. The summed E-state index contributed by atoms with van der Waals surface area (Å²) in [5.74, 6) is 0.818. The Hall–Kier alpha value is -2.34. The van der Waals surface area contributed by atoms with Crippen LogP contribution in [0, 0.1) is 0 Å². The number of nitrogens with zero attached hydrogens (tertiary/aromatic N) is 4. The van der Waals surface area contributed by atoms with Crippen molar-refractivity contribution >= 4 is 33.2 Å². The minimum atomic E-state index is 0.125. The third-order valence-corrected chi connectivity index (χ3v) is 7.04. The van der Waals surface area contributed by atoms with Gasteiger partial charge in [0.2, 0.25) is 5.95 Å². The van der Waals surface area contributed by atoms with Crippen molar-refractivity contribution in [2.75, 3.05) is 36.0 Å². The van der Waals surface area contributed by atoms with Crippen molar-refractivity contribution in [3.63, 3.8) is 0 Å². The normalized spacial score (nSPS) is 17.4. The van der Waals surface area contributed by atoms with E-state index in [1.807, 2.05) is 7.05 Å². The van der Waals surface area contributed by atoms with Crippen molar-refractivity contribution in [1.82, 2.24) is 9.55 Å². The number of benzene rings is 1. The number of anilines is 2. The molecule has 0 N–H and O–H groups in total.